The summed E-state index contributed by atoms with van der Waals surface area (Å²) in [6.07, 6.45) is 3.01. The molecule has 0 unspecified atom stereocenters. The number of phenols is 1. The largest absolute Gasteiger partial charge is 0.506 e. The minimum absolute atomic E-state index is 0.0219. The molecule has 3 N–H and O–H groups in total. The van der Waals surface area contributed by atoms with Crippen LogP contribution in [0.15, 0.2) is 33.2 Å². The van der Waals surface area contributed by atoms with Crippen molar-refractivity contribution < 1.29 is 20.1 Å². The second-order valence-corrected chi connectivity index (χ2v) is 6.34. The number of carboxylic acids is 1. The van der Waals surface area contributed by atoms with Gasteiger partial charge in [0.1, 0.15) is 5.75 Å². The molecule has 4 nitrogen and oxygen atoms in total. The van der Waals surface area contributed by atoms with Gasteiger partial charge in [0.05, 0.1) is 10.6 Å². The highest BCUT2D eigenvalue weighted by Gasteiger charge is 2.21. The molecule has 0 spiro atoms. The number of aliphatic hydroxyl groups excluding tert-OH is 1. The third-order valence-corrected chi connectivity index (χ3v) is 4.03. The fourth-order valence-electron chi connectivity index (χ4n) is 1.82. The number of carboxylic acid groups (broad SMARTS) is 1. The fourth-order valence-corrected chi connectivity index (χ4v) is 3.08. The van der Waals surface area contributed by atoms with E-state index >= 15 is 0 Å². The van der Waals surface area contributed by atoms with E-state index < -0.39 is 12.1 Å². The lowest BCUT2D eigenvalue weighted by Crippen LogP contribution is -2.09. The summed E-state index contributed by atoms with van der Waals surface area (Å²) in [7, 11) is 0. The molecule has 0 aliphatic carbocycles. The minimum Gasteiger partial charge on any atom is -0.506 e. The Bertz CT molecular complexity index is 514. The zero-order valence-corrected chi connectivity index (χ0v) is 14.1. The minimum atomic E-state index is -0.980. The monoisotopic (exact) mass is 406 g/mol. The van der Waals surface area contributed by atoms with Gasteiger partial charge in [-0.2, -0.15) is 0 Å². The summed E-state index contributed by atoms with van der Waals surface area (Å²) in [5.74, 6) is -1.07. The maximum atomic E-state index is 10.3. The molecule has 1 aromatic carbocycles. The quantitative estimate of drug-likeness (QED) is 0.622. The normalized spacial score (nSPS) is 14.4. The van der Waals surface area contributed by atoms with Crippen molar-refractivity contribution in [2.24, 2.45) is 5.92 Å². The first-order chi connectivity index (χ1) is 9.32. The predicted octanol–water partition coefficient (Wildman–Crippen LogP) is 4.01. The summed E-state index contributed by atoms with van der Waals surface area (Å²) in [5.41, 5.74) is 0.445. The highest BCUT2D eigenvalue weighted by atomic mass is 79.9. The van der Waals surface area contributed by atoms with Gasteiger partial charge in [-0.1, -0.05) is 28.9 Å². The Kier molecular flexibility index (Phi) is 6.71. The van der Waals surface area contributed by atoms with Crippen LogP contribution >= 0.6 is 31.9 Å². The highest BCUT2D eigenvalue weighted by Crippen LogP contribution is 2.38. The van der Waals surface area contributed by atoms with Crippen LogP contribution in [0.5, 0.6) is 5.75 Å². The van der Waals surface area contributed by atoms with E-state index in [9.17, 15) is 15.0 Å². The molecular formula is C14H16Br2O4. The molecule has 0 saturated heterocycles. The van der Waals surface area contributed by atoms with Gasteiger partial charge in [-0.05, 0) is 46.8 Å². The van der Waals surface area contributed by atoms with E-state index in [0.29, 0.717) is 22.9 Å². The van der Waals surface area contributed by atoms with Crippen LogP contribution < -0.4 is 0 Å². The number of aliphatic hydroxyl groups is 1. The Labute approximate surface area is 134 Å². The number of rotatable bonds is 6. The topological polar surface area (TPSA) is 77.8 Å². The van der Waals surface area contributed by atoms with Crippen LogP contribution in [0.3, 0.4) is 0 Å². The molecule has 0 radical (unpaired) electrons. The van der Waals surface area contributed by atoms with Gasteiger partial charge >= 0.3 is 5.97 Å². The van der Waals surface area contributed by atoms with Crippen molar-refractivity contribution in [1.82, 2.24) is 0 Å². The van der Waals surface area contributed by atoms with Crippen LogP contribution in [-0.2, 0) is 4.79 Å². The maximum absolute atomic E-state index is 10.3. The molecule has 2 atom stereocenters. The van der Waals surface area contributed by atoms with E-state index in [-0.39, 0.29) is 11.7 Å². The van der Waals surface area contributed by atoms with Crippen molar-refractivity contribution in [3.63, 3.8) is 0 Å². The molecule has 0 aliphatic rings. The lowest BCUT2D eigenvalue weighted by atomic mass is 9.93. The molecule has 0 aliphatic heterocycles. The molecule has 0 saturated carbocycles. The van der Waals surface area contributed by atoms with Crippen molar-refractivity contribution >= 4 is 37.8 Å². The maximum Gasteiger partial charge on any atom is 0.327 e. The average Bonchev–Trinajstić information content (AvgIpc) is 2.37. The fraction of sp³-hybridized carbons (Fsp3) is 0.357. The first-order valence-corrected chi connectivity index (χ1v) is 7.67. The van der Waals surface area contributed by atoms with Gasteiger partial charge in [0.2, 0.25) is 0 Å². The number of aliphatic carboxylic acids is 1. The number of benzene rings is 1. The number of phenolic OH excluding ortho intramolecular Hbond substituents is 1. The molecule has 110 valence electrons. The molecule has 0 fully saturated rings. The van der Waals surface area contributed by atoms with Crippen LogP contribution in [0, 0.1) is 5.92 Å². The number of carbonyl (C=O) groups is 1. The van der Waals surface area contributed by atoms with Crippen LogP contribution in [-0.4, -0.2) is 21.3 Å². The van der Waals surface area contributed by atoms with Crippen molar-refractivity contribution in [3.8, 4) is 5.75 Å². The number of hydrogen-bond acceptors (Lipinski definition) is 3. The summed E-state index contributed by atoms with van der Waals surface area (Å²) in [4.78, 5) is 10.3. The van der Waals surface area contributed by atoms with Crippen molar-refractivity contribution in [1.29, 1.82) is 0 Å². The van der Waals surface area contributed by atoms with E-state index in [1.807, 2.05) is 6.92 Å². The molecule has 1 rings (SSSR count). The number of halogens is 2. The molecule has 20 heavy (non-hydrogen) atoms. The molecule has 0 bridgehead atoms. The lowest BCUT2D eigenvalue weighted by molar-refractivity contribution is -0.131. The molecule has 0 heterocycles. The van der Waals surface area contributed by atoms with Gasteiger partial charge in [-0.15, -0.1) is 0 Å². The van der Waals surface area contributed by atoms with Gasteiger partial charge in [0.15, 0.2) is 0 Å². The summed E-state index contributed by atoms with van der Waals surface area (Å²) >= 11 is 6.54. The zero-order chi connectivity index (χ0) is 15.3. The van der Waals surface area contributed by atoms with Gasteiger partial charge in [-0.25, -0.2) is 4.79 Å². The lowest BCUT2D eigenvalue weighted by Gasteiger charge is -2.20. The second-order valence-electron chi connectivity index (χ2n) is 4.57. The molecular weight excluding hydrogens is 392 g/mol. The number of aromatic hydroxyl groups is 1. The summed E-state index contributed by atoms with van der Waals surface area (Å²) < 4.78 is 1.27. The average molecular weight is 408 g/mol. The van der Waals surface area contributed by atoms with E-state index in [2.05, 4.69) is 31.9 Å². The first kappa shape index (κ1) is 17.2. The van der Waals surface area contributed by atoms with Crippen LogP contribution in [0.25, 0.3) is 0 Å². The van der Waals surface area contributed by atoms with Crippen LogP contribution in [0.1, 0.15) is 31.4 Å². The Morgan fingerprint density at radius 1 is 1.40 bits per heavy atom. The third-order valence-electron chi connectivity index (χ3n) is 2.96. The van der Waals surface area contributed by atoms with Gasteiger partial charge in [0.25, 0.3) is 0 Å². The second kappa shape index (κ2) is 7.81. The predicted molar refractivity (Wildman–Crippen MR) is 83.6 cm³/mol. The smallest absolute Gasteiger partial charge is 0.327 e. The molecule has 0 aromatic heterocycles. The number of hydrogen-bond donors (Lipinski definition) is 3. The third kappa shape index (κ3) is 4.92. The van der Waals surface area contributed by atoms with Crippen LogP contribution in [0.4, 0.5) is 0 Å². The zero-order valence-electron chi connectivity index (χ0n) is 10.9. The van der Waals surface area contributed by atoms with Crippen molar-refractivity contribution in [2.75, 3.05) is 0 Å². The van der Waals surface area contributed by atoms with E-state index in [0.717, 1.165) is 10.5 Å². The Hall–Kier alpha value is -0.850. The SMILES string of the molecule is C[C@@H](CC/C=C/C(=O)O)[C@@H](O)c1cc(Br)cc(Br)c1O. The Balaban J connectivity index is 2.74. The summed E-state index contributed by atoms with van der Waals surface area (Å²) in [6.45, 7) is 1.85. The number of allylic oxidation sites excluding steroid dienone is 1. The molecule has 6 heteroatoms. The van der Waals surface area contributed by atoms with Gasteiger partial charge in [-0.3, -0.25) is 0 Å². The standard InChI is InChI=1S/C14H16Br2O4/c1-8(4-2-3-5-12(17)18)13(19)10-6-9(15)7-11(16)14(10)20/h3,5-8,13,19-20H,2,4H2,1H3,(H,17,18)/b5-3+/t8-,13+/m0/s1. The highest BCUT2D eigenvalue weighted by molar-refractivity contribution is 9.11. The Morgan fingerprint density at radius 3 is 2.65 bits per heavy atom. The summed E-state index contributed by atoms with van der Waals surface area (Å²) in [5, 5.41) is 28.7. The molecule has 1 aromatic rings. The van der Waals surface area contributed by atoms with E-state index in [1.54, 1.807) is 18.2 Å². The summed E-state index contributed by atoms with van der Waals surface area (Å²) in [6, 6.07) is 3.38. The van der Waals surface area contributed by atoms with Gasteiger partial charge < -0.3 is 15.3 Å². The van der Waals surface area contributed by atoms with Crippen molar-refractivity contribution in [2.45, 2.75) is 25.9 Å². The molecule has 0 amide bonds. The van der Waals surface area contributed by atoms with Crippen LogP contribution in [0.2, 0.25) is 0 Å². The van der Waals surface area contributed by atoms with Crippen molar-refractivity contribution in [3.05, 3.63) is 38.8 Å². The van der Waals surface area contributed by atoms with E-state index in [4.69, 9.17) is 5.11 Å². The van der Waals surface area contributed by atoms with Gasteiger partial charge in [0, 0.05) is 16.1 Å². The Morgan fingerprint density at radius 2 is 2.05 bits per heavy atom. The van der Waals surface area contributed by atoms with E-state index in [1.165, 1.54) is 0 Å². The first-order valence-electron chi connectivity index (χ1n) is 6.08.